The number of fused-ring (bicyclic) bond motifs is 3. The quantitative estimate of drug-likeness (QED) is 0.622. The minimum absolute atomic E-state index is 0.0581. The zero-order valence-corrected chi connectivity index (χ0v) is 16.5. The first kappa shape index (κ1) is 17.8. The number of rotatable bonds is 4. The summed E-state index contributed by atoms with van der Waals surface area (Å²) in [6.07, 6.45) is 3.75. The number of nitrogens with one attached hydrogen (secondary N) is 1. The molecule has 0 bridgehead atoms. The van der Waals surface area contributed by atoms with E-state index in [-0.39, 0.29) is 18.0 Å². The number of aromatic amines is 1. The fourth-order valence-electron chi connectivity index (χ4n) is 4.57. The molecule has 1 aliphatic rings. The maximum atomic E-state index is 13.0. The van der Waals surface area contributed by atoms with E-state index in [9.17, 15) is 4.79 Å². The lowest BCUT2D eigenvalue weighted by Gasteiger charge is -2.39. The Balaban J connectivity index is 1.80. The highest BCUT2D eigenvalue weighted by atomic mass is 16.2. The maximum Gasteiger partial charge on any atom is 0.223 e. The fourth-order valence-corrected chi connectivity index (χ4v) is 4.57. The topological polar surface area (TPSA) is 36.1 Å². The zero-order chi connectivity index (χ0) is 19.0. The lowest BCUT2D eigenvalue weighted by atomic mass is 9.89. The largest absolute Gasteiger partial charge is 0.356 e. The van der Waals surface area contributed by atoms with Crippen LogP contribution in [-0.4, -0.2) is 15.8 Å². The molecule has 0 unspecified atom stereocenters. The van der Waals surface area contributed by atoms with E-state index in [0.29, 0.717) is 6.42 Å². The Labute approximate surface area is 161 Å². The van der Waals surface area contributed by atoms with Crippen molar-refractivity contribution in [2.45, 2.75) is 58.5 Å². The van der Waals surface area contributed by atoms with Crippen LogP contribution >= 0.6 is 0 Å². The summed E-state index contributed by atoms with van der Waals surface area (Å²) in [5.74, 6) is 0.221. The highest BCUT2D eigenvalue weighted by Gasteiger charge is 2.34. The van der Waals surface area contributed by atoms with Gasteiger partial charge < -0.3 is 9.88 Å². The highest BCUT2D eigenvalue weighted by molar-refractivity contribution is 5.86. The van der Waals surface area contributed by atoms with Gasteiger partial charge in [-0.3, -0.25) is 4.79 Å². The smallest absolute Gasteiger partial charge is 0.223 e. The Morgan fingerprint density at radius 2 is 2.00 bits per heavy atom. The van der Waals surface area contributed by atoms with Crippen LogP contribution in [0.5, 0.6) is 0 Å². The minimum atomic E-state index is 0.0581. The van der Waals surface area contributed by atoms with Gasteiger partial charge in [0.15, 0.2) is 0 Å². The van der Waals surface area contributed by atoms with Gasteiger partial charge in [0, 0.05) is 23.0 Å². The summed E-state index contributed by atoms with van der Waals surface area (Å²) < 4.78 is 0. The molecule has 0 spiro atoms. The van der Waals surface area contributed by atoms with E-state index in [1.54, 1.807) is 0 Å². The Kier molecular flexibility index (Phi) is 4.77. The van der Waals surface area contributed by atoms with Crippen molar-refractivity contribution in [3.8, 4) is 0 Å². The summed E-state index contributed by atoms with van der Waals surface area (Å²) in [6, 6.07) is 17.2. The highest BCUT2D eigenvalue weighted by Crippen LogP contribution is 2.41. The third-order valence-electron chi connectivity index (χ3n) is 5.96. The number of H-pyrrole nitrogens is 1. The number of hydrogen-bond acceptors (Lipinski definition) is 1. The summed E-state index contributed by atoms with van der Waals surface area (Å²) in [6.45, 7) is 6.26. The normalized spacial score (nSPS) is 17.5. The van der Waals surface area contributed by atoms with Gasteiger partial charge in [-0.15, -0.1) is 0 Å². The predicted molar refractivity (Wildman–Crippen MR) is 111 cm³/mol. The molecule has 2 aromatic carbocycles. The molecule has 1 aromatic heterocycles. The van der Waals surface area contributed by atoms with Crippen molar-refractivity contribution in [1.82, 2.24) is 9.88 Å². The van der Waals surface area contributed by atoms with Crippen molar-refractivity contribution in [1.29, 1.82) is 0 Å². The summed E-state index contributed by atoms with van der Waals surface area (Å²) >= 11 is 0. The first-order chi connectivity index (χ1) is 13.1. The molecular formula is C24H28N2O. The molecule has 0 saturated heterocycles. The molecule has 1 heterocycles. The SMILES string of the molecule is CCC(=O)N([C@@H](C)c1ccccc1)[C@H]1CCCc2c1[nH]c1ccc(C)cc21. The first-order valence-corrected chi connectivity index (χ1v) is 10.1. The van der Waals surface area contributed by atoms with Crippen LogP contribution in [0.3, 0.4) is 0 Å². The molecule has 1 amide bonds. The van der Waals surface area contributed by atoms with Crippen LogP contribution < -0.4 is 0 Å². The molecule has 1 N–H and O–H groups in total. The van der Waals surface area contributed by atoms with Gasteiger partial charge in [0.2, 0.25) is 5.91 Å². The zero-order valence-electron chi connectivity index (χ0n) is 16.5. The average molecular weight is 361 g/mol. The van der Waals surface area contributed by atoms with E-state index < -0.39 is 0 Å². The molecule has 4 rings (SSSR count). The molecule has 140 valence electrons. The van der Waals surface area contributed by atoms with Crippen LogP contribution in [-0.2, 0) is 11.2 Å². The Morgan fingerprint density at radius 3 is 2.74 bits per heavy atom. The first-order valence-electron chi connectivity index (χ1n) is 10.1. The molecule has 3 nitrogen and oxygen atoms in total. The molecular weight excluding hydrogens is 332 g/mol. The van der Waals surface area contributed by atoms with Crippen LogP contribution in [0.25, 0.3) is 10.9 Å². The van der Waals surface area contributed by atoms with Gasteiger partial charge in [-0.1, -0.05) is 48.9 Å². The molecule has 27 heavy (non-hydrogen) atoms. The third-order valence-corrected chi connectivity index (χ3v) is 5.96. The fraction of sp³-hybridized carbons (Fsp3) is 0.375. The van der Waals surface area contributed by atoms with Gasteiger partial charge in [-0.05, 0) is 56.4 Å². The van der Waals surface area contributed by atoms with Gasteiger partial charge in [0.05, 0.1) is 12.1 Å². The number of nitrogens with zero attached hydrogens (tertiary/aromatic N) is 1. The number of benzene rings is 2. The number of hydrogen-bond donors (Lipinski definition) is 1. The Morgan fingerprint density at radius 1 is 1.22 bits per heavy atom. The van der Waals surface area contributed by atoms with Crippen molar-refractivity contribution >= 4 is 16.8 Å². The predicted octanol–water partition coefficient (Wildman–Crippen LogP) is 5.85. The monoisotopic (exact) mass is 360 g/mol. The number of carbonyl (C=O) groups excluding carboxylic acids is 1. The molecule has 3 heteroatoms. The standard InChI is InChI=1S/C24H28N2O/c1-4-23(27)26(17(3)18-9-6-5-7-10-18)22-12-8-11-19-20-15-16(2)13-14-21(20)25-24(19)22/h5-7,9-10,13-15,17,22,25H,4,8,11-12H2,1-3H3/t17-,22-/m0/s1. The Hall–Kier alpha value is -2.55. The summed E-state index contributed by atoms with van der Waals surface area (Å²) in [5, 5.41) is 1.32. The third kappa shape index (κ3) is 3.16. The number of aromatic nitrogens is 1. The van der Waals surface area contributed by atoms with Crippen LogP contribution in [0.1, 0.15) is 67.6 Å². The van der Waals surface area contributed by atoms with E-state index in [0.717, 1.165) is 19.3 Å². The molecule has 2 atom stereocenters. The van der Waals surface area contributed by atoms with Crippen molar-refractivity contribution in [3.05, 3.63) is 70.9 Å². The molecule has 3 aromatic rings. The summed E-state index contributed by atoms with van der Waals surface area (Å²) in [4.78, 5) is 18.8. The summed E-state index contributed by atoms with van der Waals surface area (Å²) in [5.41, 5.74) is 6.31. The average Bonchev–Trinajstić information content (AvgIpc) is 3.07. The van der Waals surface area contributed by atoms with Crippen molar-refractivity contribution in [3.63, 3.8) is 0 Å². The second-order valence-corrected chi connectivity index (χ2v) is 7.72. The minimum Gasteiger partial charge on any atom is -0.356 e. The number of amides is 1. The maximum absolute atomic E-state index is 13.0. The van der Waals surface area contributed by atoms with Crippen molar-refractivity contribution < 1.29 is 4.79 Å². The van der Waals surface area contributed by atoms with Gasteiger partial charge >= 0.3 is 0 Å². The van der Waals surface area contributed by atoms with Crippen molar-refractivity contribution in [2.75, 3.05) is 0 Å². The number of aryl methyl sites for hydroxylation is 2. The van der Waals surface area contributed by atoms with Crippen LogP contribution in [0.2, 0.25) is 0 Å². The number of carbonyl (C=O) groups is 1. The second kappa shape index (κ2) is 7.22. The van der Waals surface area contributed by atoms with Gasteiger partial charge in [-0.25, -0.2) is 0 Å². The molecule has 0 radical (unpaired) electrons. The van der Waals surface area contributed by atoms with Gasteiger partial charge in [0.25, 0.3) is 0 Å². The Bertz CT molecular complexity index is 957. The molecule has 0 aliphatic heterocycles. The van der Waals surface area contributed by atoms with Gasteiger partial charge in [-0.2, -0.15) is 0 Å². The van der Waals surface area contributed by atoms with E-state index in [4.69, 9.17) is 0 Å². The summed E-state index contributed by atoms with van der Waals surface area (Å²) in [7, 11) is 0. The molecule has 0 fully saturated rings. The molecule has 1 aliphatic carbocycles. The van der Waals surface area contributed by atoms with E-state index in [1.165, 1.54) is 33.3 Å². The van der Waals surface area contributed by atoms with Crippen molar-refractivity contribution in [2.24, 2.45) is 0 Å². The molecule has 0 saturated carbocycles. The lowest BCUT2D eigenvalue weighted by Crippen LogP contribution is -2.38. The van der Waals surface area contributed by atoms with E-state index >= 15 is 0 Å². The second-order valence-electron chi connectivity index (χ2n) is 7.72. The lowest BCUT2D eigenvalue weighted by molar-refractivity contribution is -0.136. The van der Waals surface area contributed by atoms with Crippen LogP contribution in [0.4, 0.5) is 0 Å². The van der Waals surface area contributed by atoms with E-state index in [1.807, 2.05) is 13.0 Å². The van der Waals surface area contributed by atoms with Gasteiger partial charge in [0.1, 0.15) is 0 Å². The van der Waals surface area contributed by atoms with E-state index in [2.05, 4.69) is 66.2 Å². The van der Waals surface area contributed by atoms with Crippen LogP contribution in [0.15, 0.2) is 48.5 Å². The van der Waals surface area contributed by atoms with Crippen LogP contribution in [0, 0.1) is 6.92 Å².